The van der Waals surface area contributed by atoms with Gasteiger partial charge in [0.2, 0.25) is 5.91 Å². The second-order valence-corrected chi connectivity index (χ2v) is 8.83. The first kappa shape index (κ1) is 24.7. The molecule has 0 fully saturated rings. The van der Waals surface area contributed by atoms with Crippen LogP contribution in [0.1, 0.15) is 46.3 Å². The van der Waals surface area contributed by atoms with Crippen molar-refractivity contribution in [2.24, 2.45) is 5.73 Å². The van der Waals surface area contributed by atoms with Crippen LogP contribution in [0.2, 0.25) is 0 Å². The molecule has 1 heterocycles. The maximum Gasteiger partial charge on any atom is 0.239 e. The monoisotopic (exact) mass is 480 g/mol. The average Bonchev–Trinajstić information content (AvgIpc) is 2.87. The number of methoxy groups -OCH3 is 2. The molecule has 2 unspecified atom stereocenters. The third-order valence-corrected chi connectivity index (χ3v) is 6.80. The summed E-state index contributed by atoms with van der Waals surface area (Å²) >= 11 is 0. The summed E-state index contributed by atoms with van der Waals surface area (Å²) in [6.07, 6.45) is 1.42. The molecule has 2 atom stereocenters. The van der Waals surface area contributed by atoms with Gasteiger partial charge < -0.3 is 15.2 Å². The number of hydrogen-bond acceptors (Lipinski definition) is 4. The van der Waals surface area contributed by atoms with Crippen LogP contribution in [0.4, 0.5) is 8.78 Å². The van der Waals surface area contributed by atoms with Crippen LogP contribution in [0.5, 0.6) is 11.5 Å². The van der Waals surface area contributed by atoms with Crippen LogP contribution >= 0.6 is 0 Å². The predicted octanol–water partition coefficient (Wildman–Crippen LogP) is 5.05. The fraction of sp³-hybridized carbons (Fsp3) is 0.321. The number of aryl methyl sites for hydroxylation is 2. The largest absolute Gasteiger partial charge is 0.493 e. The van der Waals surface area contributed by atoms with Gasteiger partial charge in [0.25, 0.3) is 0 Å². The Morgan fingerprint density at radius 1 is 1.06 bits per heavy atom. The number of carbonyl (C=O) groups excluding carboxylic acids is 1. The highest BCUT2D eigenvalue weighted by atomic mass is 19.2. The number of amides is 1. The van der Waals surface area contributed by atoms with Crippen molar-refractivity contribution < 1.29 is 23.0 Å². The molecule has 7 heteroatoms. The topological polar surface area (TPSA) is 64.8 Å². The van der Waals surface area contributed by atoms with Gasteiger partial charge >= 0.3 is 0 Å². The smallest absolute Gasteiger partial charge is 0.239 e. The molecule has 0 spiro atoms. The molecular formula is C28H30F2N2O3. The normalized spacial score (nSPS) is 16.4. The van der Waals surface area contributed by atoms with Crippen molar-refractivity contribution in [2.45, 2.75) is 38.3 Å². The van der Waals surface area contributed by atoms with Gasteiger partial charge in [0.05, 0.1) is 14.2 Å². The highest BCUT2D eigenvalue weighted by Gasteiger charge is 2.36. The van der Waals surface area contributed by atoms with Crippen molar-refractivity contribution in [2.75, 3.05) is 20.8 Å². The van der Waals surface area contributed by atoms with Gasteiger partial charge in [0.15, 0.2) is 23.1 Å². The number of hydrogen-bond donors (Lipinski definition) is 1. The van der Waals surface area contributed by atoms with E-state index in [1.54, 1.807) is 26.4 Å². The first-order chi connectivity index (χ1) is 16.8. The summed E-state index contributed by atoms with van der Waals surface area (Å²) in [5.74, 6) is -0.915. The third kappa shape index (κ3) is 4.86. The zero-order chi connectivity index (χ0) is 25.1. The van der Waals surface area contributed by atoms with Gasteiger partial charge in [-0.15, -0.1) is 0 Å². The SMILES string of the molecule is COc1cc2c(cc1OC)C(CCc1ccc(C)c(F)c1F)N(C(C(N)=O)c1ccccc1)CC2. The van der Waals surface area contributed by atoms with E-state index < -0.39 is 23.6 Å². The number of halogens is 2. The van der Waals surface area contributed by atoms with Gasteiger partial charge in [0.1, 0.15) is 6.04 Å². The minimum absolute atomic E-state index is 0.269. The highest BCUT2D eigenvalue weighted by Crippen LogP contribution is 2.43. The van der Waals surface area contributed by atoms with E-state index in [-0.39, 0.29) is 18.0 Å². The summed E-state index contributed by atoms with van der Waals surface area (Å²) in [5.41, 5.74) is 9.31. The number of benzene rings is 3. The Kier molecular flexibility index (Phi) is 7.36. The van der Waals surface area contributed by atoms with E-state index >= 15 is 0 Å². The van der Waals surface area contributed by atoms with Crippen molar-refractivity contribution in [1.82, 2.24) is 4.90 Å². The van der Waals surface area contributed by atoms with E-state index in [0.717, 1.165) is 16.7 Å². The van der Waals surface area contributed by atoms with Gasteiger partial charge in [-0.3, -0.25) is 9.69 Å². The summed E-state index contributed by atoms with van der Waals surface area (Å²) < 4.78 is 39.9. The molecule has 0 radical (unpaired) electrons. The second kappa shape index (κ2) is 10.4. The van der Waals surface area contributed by atoms with Crippen molar-refractivity contribution in [3.63, 3.8) is 0 Å². The molecule has 0 aliphatic carbocycles. The number of carbonyl (C=O) groups is 1. The molecule has 0 bridgehead atoms. The molecule has 3 aromatic rings. The molecule has 3 aromatic carbocycles. The molecule has 1 aliphatic heterocycles. The van der Waals surface area contributed by atoms with E-state index in [1.165, 1.54) is 6.92 Å². The Hall–Kier alpha value is -3.45. The molecule has 0 saturated carbocycles. The average molecular weight is 481 g/mol. The number of primary amides is 1. The highest BCUT2D eigenvalue weighted by molar-refractivity contribution is 5.81. The van der Waals surface area contributed by atoms with Crippen LogP contribution in [-0.2, 0) is 17.6 Å². The number of nitrogens with two attached hydrogens (primary N) is 1. The summed E-state index contributed by atoms with van der Waals surface area (Å²) in [4.78, 5) is 14.8. The molecule has 1 amide bonds. The van der Waals surface area contributed by atoms with E-state index in [0.29, 0.717) is 36.4 Å². The Balaban J connectivity index is 1.78. The first-order valence-corrected chi connectivity index (χ1v) is 11.6. The zero-order valence-corrected chi connectivity index (χ0v) is 20.2. The van der Waals surface area contributed by atoms with Crippen molar-refractivity contribution in [1.29, 1.82) is 0 Å². The molecule has 2 N–H and O–H groups in total. The standard InChI is InChI=1S/C28H30F2N2O3/c1-17-9-10-18(26(30)25(17)29)11-12-22-21-16-24(35-3)23(34-2)15-20(21)13-14-32(22)27(28(31)33)19-7-5-4-6-8-19/h4-10,15-16,22,27H,11-14H2,1-3H3,(H2,31,33). The maximum atomic E-state index is 14.7. The predicted molar refractivity (Wildman–Crippen MR) is 130 cm³/mol. The fourth-order valence-electron chi connectivity index (χ4n) is 5.00. The van der Waals surface area contributed by atoms with Gasteiger partial charge in [-0.05, 0) is 66.1 Å². The maximum absolute atomic E-state index is 14.7. The molecule has 0 aromatic heterocycles. The Morgan fingerprint density at radius 3 is 2.40 bits per heavy atom. The first-order valence-electron chi connectivity index (χ1n) is 11.6. The summed E-state index contributed by atoms with van der Waals surface area (Å²) in [7, 11) is 3.16. The van der Waals surface area contributed by atoms with Gasteiger partial charge in [-0.2, -0.15) is 0 Å². The minimum Gasteiger partial charge on any atom is -0.493 e. The Bertz CT molecular complexity index is 1220. The lowest BCUT2D eigenvalue weighted by molar-refractivity contribution is -0.124. The molecule has 4 rings (SSSR count). The lowest BCUT2D eigenvalue weighted by atomic mass is 9.86. The van der Waals surface area contributed by atoms with E-state index in [1.807, 2.05) is 42.5 Å². The summed E-state index contributed by atoms with van der Waals surface area (Å²) in [6.45, 7) is 2.11. The van der Waals surface area contributed by atoms with Crippen LogP contribution in [0.25, 0.3) is 0 Å². The third-order valence-electron chi connectivity index (χ3n) is 6.80. The van der Waals surface area contributed by atoms with Gasteiger partial charge in [-0.1, -0.05) is 42.5 Å². The van der Waals surface area contributed by atoms with Crippen LogP contribution in [0.15, 0.2) is 54.6 Å². The Labute approximate surface area is 204 Å². The lowest BCUT2D eigenvalue weighted by Gasteiger charge is -2.41. The van der Waals surface area contributed by atoms with Crippen LogP contribution in [0.3, 0.4) is 0 Å². The zero-order valence-electron chi connectivity index (χ0n) is 20.2. The molecule has 5 nitrogen and oxygen atoms in total. The van der Waals surface area contributed by atoms with Crippen molar-refractivity contribution in [3.05, 3.63) is 94.0 Å². The Morgan fingerprint density at radius 2 is 1.74 bits per heavy atom. The van der Waals surface area contributed by atoms with Gasteiger partial charge in [-0.25, -0.2) is 8.78 Å². The van der Waals surface area contributed by atoms with Crippen LogP contribution < -0.4 is 15.2 Å². The van der Waals surface area contributed by atoms with E-state index in [4.69, 9.17) is 15.2 Å². The van der Waals surface area contributed by atoms with Crippen LogP contribution in [0, 0.1) is 18.6 Å². The number of nitrogens with zero attached hydrogens (tertiary/aromatic N) is 1. The van der Waals surface area contributed by atoms with Crippen molar-refractivity contribution >= 4 is 5.91 Å². The molecule has 184 valence electrons. The second-order valence-electron chi connectivity index (χ2n) is 8.83. The summed E-state index contributed by atoms with van der Waals surface area (Å²) in [6, 6.07) is 15.5. The molecule has 35 heavy (non-hydrogen) atoms. The quantitative estimate of drug-likeness (QED) is 0.490. The lowest BCUT2D eigenvalue weighted by Crippen LogP contribution is -2.44. The van der Waals surface area contributed by atoms with Gasteiger partial charge in [0, 0.05) is 12.6 Å². The van der Waals surface area contributed by atoms with E-state index in [9.17, 15) is 13.6 Å². The number of fused-ring (bicyclic) bond motifs is 1. The van der Waals surface area contributed by atoms with Crippen LogP contribution in [-0.4, -0.2) is 31.6 Å². The van der Waals surface area contributed by atoms with Crippen molar-refractivity contribution in [3.8, 4) is 11.5 Å². The number of ether oxygens (including phenoxy) is 2. The van der Waals surface area contributed by atoms with E-state index in [2.05, 4.69) is 4.90 Å². The fourth-order valence-corrected chi connectivity index (χ4v) is 5.00. The molecule has 0 saturated heterocycles. The number of rotatable bonds is 8. The minimum atomic E-state index is -0.825. The molecular weight excluding hydrogens is 450 g/mol. The summed E-state index contributed by atoms with van der Waals surface area (Å²) in [5, 5.41) is 0. The molecule has 1 aliphatic rings.